The summed E-state index contributed by atoms with van der Waals surface area (Å²) in [6, 6.07) is 45.6. The van der Waals surface area contributed by atoms with Gasteiger partial charge in [0.2, 0.25) is 0 Å². The SMILES string of the molecule is CC(C)CCCC(C)C1CC[C@H]2[C@@H]3CC=C4C[C@@H](OCCC(P(=[Se])(c5ccccc5)c5ccccc5)P(=[Se])(c5ccccc5)c5ccccc5)CC[C@]4(C)[C@H]3CC[C@]12C. The van der Waals surface area contributed by atoms with Gasteiger partial charge in [0.15, 0.2) is 0 Å². The molecule has 0 aromatic heterocycles. The maximum atomic E-state index is 7.22. The van der Waals surface area contributed by atoms with Gasteiger partial charge in [-0.3, -0.25) is 0 Å². The minimum Gasteiger partial charge on any atom is -0.0591 e. The summed E-state index contributed by atoms with van der Waals surface area (Å²) < 4.78 is 7.22. The molecule has 3 fully saturated rings. The van der Waals surface area contributed by atoms with Crippen molar-refractivity contribution in [2.24, 2.45) is 46.3 Å². The zero-order chi connectivity index (χ0) is 41.3. The summed E-state index contributed by atoms with van der Waals surface area (Å²) in [5.74, 6) is 5.24. The number of rotatable bonds is 15. The Labute approximate surface area is 373 Å². The van der Waals surface area contributed by atoms with Gasteiger partial charge in [0.25, 0.3) is 0 Å². The third kappa shape index (κ3) is 8.49. The van der Waals surface area contributed by atoms with Gasteiger partial charge in [-0.2, -0.15) is 0 Å². The van der Waals surface area contributed by atoms with E-state index in [0.717, 1.165) is 55.0 Å². The van der Waals surface area contributed by atoms with E-state index < -0.39 is 11.0 Å². The second-order valence-electron chi connectivity index (χ2n) is 20.0. The Kier molecular flexibility index (Phi) is 14.0. The molecule has 5 heteroatoms. The van der Waals surface area contributed by atoms with E-state index in [1.54, 1.807) is 5.57 Å². The van der Waals surface area contributed by atoms with E-state index in [0.29, 0.717) is 22.3 Å². The molecule has 0 heterocycles. The third-order valence-corrected chi connectivity index (χ3v) is 35.5. The first-order chi connectivity index (χ1) is 28.5. The molecule has 0 N–H and O–H groups in total. The molecular weight excluding hydrogens is 884 g/mol. The van der Waals surface area contributed by atoms with Gasteiger partial charge >= 0.3 is 293 Å². The predicted molar refractivity (Wildman–Crippen MR) is 261 cm³/mol. The molecule has 0 radical (unpaired) electrons. The van der Waals surface area contributed by atoms with Crippen LogP contribution in [0.3, 0.4) is 0 Å². The zero-order valence-electron chi connectivity index (χ0n) is 36.6. The molecular formula is C54H70OP2Se2. The summed E-state index contributed by atoms with van der Waals surface area (Å²) in [5, 5.41) is 6.02. The van der Waals surface area contributed by atoms with Crippen LogP contribution in [0.1, 0.15) is 112 Å². The summed E-state index contributed by atoms with van der Waals surface area (Å²) >= 11 is 8.04. The van der Waals surface area contributed by atoms with E-state index in [9.17, 15) is 0 Å². The van der Waals surface area contributed by atoms with Crippen molar-refractivity contribution < 1.29 is 4.74 Å². The summed E-state index contributed by atoms with van der Waals surface area (Å²) in [7, 11) is 0. The van der Waals surface area contributed by atoms with E-state index in [4.69, 9.17) is 4.74 Å². The molecule has 4 aromatic rings. The van der Waals surface area contributed by atoms with Crippen LogP contribution in [0.4, 0.5) is 0 Å². The third-order valence-electron chi connectivity index (χ3n) is 16.4. The molecule has 8 atom stereocenters. The molecule has 0 bridgehead atoms. The first-order valence-corrected chi connectivity index (χ1v) is 31.4. The molecule has 4 aromatic carbocycles. The van der Waals surface area contributed by atoms with Crippen LogP contribution in [0.25, 0.3) is 0 Å². The number of allylic oxidation sites excluding steroid dienone is 1. The Morgan fingerprint density at radius 1 is 0.627 bits per heavy atom. The van der Waals surface area contributed by atoms with Crippen molar-refractivity contribution in [3.8, 4) is 0 Å². The summed E-state index contributed by atoms with van der Waals surface area (Å²) in [4.78, 5) is 0. The maximum absolute atomic E-state index is 7.22. The second kappa shape index (κ2) is 18.7. The number of hydrogen-bond donors (Lipinski definition) is 0. The first kappa shape index (κ1) is 44.1. The molecule has 0 spiro atoms. The molecule has 4 aliphatic rings. The van der Waals surface area contributed by atoms with Crippen LogP contribution in [0, 0.1) is 46.3 Å². The average molecular weight is 955 g/mol. The smallest absolute Gasteiger partial charge is 0.0591 e. The van der Waals surface area contributed by atoms with Crippen LogP contribution in [0.2, 0.25) is 0 Å². The fraction of sp³-hybridized carbons (Fsp3) is 0.519. The summed E-state index contributed by atoms with van der Waals surface area (Å²) in [5.41, 5.74) is -1.56. The van der Waals surface area contributed by atoms with Crippen molar-refractivity contribution >= 4 is 62.4 Å². The molecule has 1 nitrogen and oxygen atoms in total. The second-order valence-corrected chi connectivity index (χ2v) is 33.6. The van der Waals surface area contributed by atoms with Crippen molar-refractivity contribution in [3.05, 3.63) is 133 Å². The Hall–Kier alpha value is -1.52. The molecule has 3 saturated carbocycles. The van der Waals surface area contributed by atoms with E-state index >= 15 is 0 Å². The molecule has 314 valence electrons. The van der Waals surface area contributed by atoms with Gasteiger partial charge in [0.1, 0.15) is 0 Å². The summed E-state index contributed by atoms with van der Waals surface area (Å²) in [6.07, 6.45) is 19.0. The van der Waals surface area contributed by atoms with Crippen LogP contribution in [-0.2, 0) is 4.74 Å². The zero-order valence-corrected chi connectivity index (χ0v) is 41.8. The minimum atomic E-state index is -2.09. The van der Waals surface area contributed by atoms with Crippen molar-refractivity contribution in [1.82, 2.24) is 0 Å². The van der Waals surface area contributed by atoms with Gasteiger partial charge in [-0.25, -0.2) is 0 Å². The van der Waals surface area contributed by atoms with Gasteiger partial charge < -0.3 is 0 Å². The van der Waals surface area contributed by atoms with Crippen LogP contribution in [0.5, 0.6) is 0 Å². The van der Waals surface area contributed by atoms with Gasteiger partial charge in [0.05, 0.1) is 0 Å². The number of ether oxygens (including phenoxy) is 1. The van der Waals surface area contributed by atoms with Crippen LogP contribution in [-0.4, -0.2) is 48.3 Å². The van der Waals surface area contributed by atoms with Crippen molar-refractivity contribution in [1.29, 1.82) is 0 Å². The number of fused-ring (bicyclic) bond motifs is 5. The standard InChI is InChI=1S/C54H70OP2Se2/c1-40(2)19-18-20-41(3)49-31-32-50-48-30-29-42-39-43(33-36-53(42,4)51(48)34-37-54(49,50)5)55-38-35-52(56(58,44-21-10-6-11-22-44)45-23-12-7-13-24-45)57(59,46-25-14-8-15-26-46)47-27-16-9-17-28-47/h6-17,21-29,40-41,43,48-52H,18-20,30-39H2,1-5H3/t41?,43-,48-,49?,50-,51-,53-,54+/m0/s1. The van der Waals surface area contributed by atoms with Crippen molar-refractivity contribution in [2.45, 2.75) is 123 Å². The molecule has 0 amide bonds. The topological polar surface area (TPSA) is 9.23 Å². The summed E-state index contributed by atoms with van der Waals surface area (Å²) in [6.45, 7) is 13.6. The molecule has 0 aliphatic heterocycles. The predicted octanol–water partition coefficient (Wildman–Crippen LogP) is 12.6. The molecule has 2 unspecified atom stereocenters. The fourth-order valence-corrected chi connectivity index (χ4v) is 34.6. The normalized spacial score (nSPS) is 28.7. The quantitative estimate of drug-likeness (QED) is 0.0655. The van der Waals surface area contributed by atoms with E-state index in [1.165, 1.54) is 85.4 Å². The molecule has 0 saturated heterocycles. The Bertz CT molecular complexity index is 1930. The van der Waals surface area contributed by atoms with Crippen molar-refractivity contribution in [3.63, 3.8) is 0 Å². The number of hydrogen-bond acceptors (Lipinski definition) is 1. The van der Waals surface area contributed by atoms with Crippen LogP contribution >= 0.6 is 11.0 Å². The fourth-order valence-electron chi connectivity index (χ4n) is 13.3. The van der Waals surface area contributed by atoms with Gasteiger partial charge in [-0.1, -0.05) is 47.0 Å². The molecule has 59 heavy (non-hydrogen) atoms. The minimum absolute atomic E-state index is 0.298. The van der Waals surface area contributed by atoms with Gasteiger partial charge in [0, 0.05) is 0 Å². The molecule has 8 rings (SSSR count). The van der Waals surface area contributed by atoms with E-state index in [-0.39, 0.29) is 0 Å². The van der Waals surface area contributed by atoms with Crippen LogP contribution in [0.15, 0.2) is 133 Å². The Morgan fingerprint density at radius 2 is 1.15 bits per heavy atom. The van der Waals surface area contributed by atoms with Gasteiger partial charge in [-0.05, 0) is 36.0 Å². The van der Waals surface area contributed by atoms with Crippen LogP contribution < -0.4 is 21.2 Å². The average Bonchev–Trinajstić information content (AvgIpc) is 3.63. The van der Waals surface area contributed by atoms with Gasteiger partial charge in [-0.15, -0.1) is 0 Å². The van der Waals surface area contributed by atoms with E-state index in [1.807, 2.05) is 0 Å². The monoisotopic (exact) mass is 956 g/mol. The Balaban J connectivity index is 1.04. The molecule has 4 aliphatic carbocycles. The first-order valence-electron chi connectivity index (χ1n) is 23.2. The Morgan fingerprint density at radius 3 is 1.66 bits per heavy atom. The number of benzene rings is 4. The van der Waals surface area contributed by atoms with Crippen molar-refractivity contribution in [2.75, 3.05) is 6.61 Å². The van der Waals surface area contributed by atoms with E-state index in [2.05, 4.69) is 192 Å².